The standard InChI is InChI=1S/C13H17N3O/c1-9-10(2)14-16(11(9)3)8-13(17)12-5-6-15(4)7-12/h5-7H,8H2,1-4H3. The van der Waals surface area contributed by atoms with Crippen molar-refractivity contribution >= 4 is 5.78 Å². The number of aryl methyl sites for hydroxylation is 2. The highest BCUT2D eigenvalue weighted by Crippen LogP contribution is 2.12. The number of hydrogen-bond donors (Lipinski definition) is 0. The quantitative estimate of drug-likeness (QED) is 0.758. The Balaban J connectivity index is 2.21. The summed E-state index contributed by atoms with van der Waals surface area (Å²) in [6.45, 7) is 6.30. The van der Waals surface area contributed by atoms with Crippen molar-refractivity contribution in [3.8, 4) is 0 Å². The van der Waals surface area contributed by atoms with E-state index in [1.807, 2.05) is 50.8 Å². The van der Waals surface area contributed by atoms with Gasteiger partial charge in [0.15, 0.2) is 5.78 Å². The van der Waals surface area contributed by atoms with Crippen molar-refractivity contribution in [3.05, 3.63) is 41.0 Å². The van der Waals surface area contributed by atoms with Gasteiger partial charge in [-0.15, -0.1) is 0 Å². The zero-order valence-electron chi connectivity index (χ0n) is 10.7. The molecule has 0 unspecified atom stereocenters. The van der Waals surface area contributed by atoms with Gasteiger partial charge in [0.1, 0.15) is 6.54 Å². The van der Waals surface area contributed by atoms with Crippen molar-refractivity contribution in [2.24, 2.45) is 7.05 Å². The van der Waals surface area contributed by atoms with Gasteiger partial charge in [-0.25, -0.2) is 0 Å². The van der Waals surface area contributed by atoms with Crippen LogP contribution in [0.4, 0.5) is 0 Å². The van der Waals surface area contributed by atoms with Gasteiger partial charge in [-0.3, -0.25) is 9.48 Å². The van der Waals surface area contributed by atoms with E-state index >= 15 is 0 Å². The molecule has 2 aromatic heterocycles. The van der Waals surface area contributed by atoms with E-state index in [9.17, 15) is 4.79 Å². The monoisotopic (exact) mass is 231 g/mol. The molecule has 0 amide bonds. The van der Waals surface area contributed by atoms with Gasteiger partial charge in [0.05, 0.1) is 5.69 Å². The molecule has 90 valence electrons. The van der Waals surface area contributed by atoms with E-state index < -0.39 is 0 Å². The van der Waals surface area contributed by atoms with Crippen LogP contribution in [0.15, 0.2) is 18.5 Å². The maximum Gasteiger partial charge on any atom is 0.185 e. The average Bonchev–Trinajstić information content (AvgIpc) is 2.80. The Morgan fingerprint density at radius 2 is 2.06 bits per heavy atom. The number of nitrogens with zero attached hydrogens (tertiary/aromatic N) is 3. The van der Waals surface area contributed by atoms with Gasteiger partial charge in [-0.1, -0.05) is 0 Å². The normalized spacial score (nSPS) is 10.8. The van der Waals surface area contributed by atoms with Gasteiger partial charge in [0, 0.05) is 30.7 Å². The van der Waals surface area contributed by atoms with E-state index in [1.165, 1.54) is 0 Å². The van der Waals surface area contributed by atoms with E-state index in [1.54, 1.807) is 4.68 Å². The maximum absolute atomic E-state index is 12.0. The summed E-state index contributed by atoms with van der Waals surface area (Å²) in [6.07, 6.45) is 3.71. The van der Waals surface area contributed by atoms with Gasteiger partial charge < -0.3 is 4.57 Å². The Hall–Kier alpha value is -1.84. The first-order valence-electron chi connectivity index (χ1n) is 5.65. The van der Waals surface area contributed by atoms with E-state index in [2.05, 4.69) is 5.10 Å². The smallest absolute Gasteiger partial charge is 0.185 e. The molecule has 0 N–H and O–H groups in total. The third kappa shape index (κ3) is 2.16. The number of Topliss-reactive ketones (excluding diaryl/α,β-unsaturated/α-hetero) is 1. The summed E-state index contributed by atoms with van der Waals surface area (Å²) in [7, 11) is 1.91. The lowest BCUT2D eigenvalue weighted by atomic mass is 10.2. The first-order chi connectivity index (χ1) is 7.99. The highest BCUT2D eigenvalue weighted by atomic mass is 16.1. The SMILES string of the molecule is Cc1nn(CC(=O)c2ccn(C)c2)c(C)c1C. The highest BCUT2D eigenvalue weighted by Gasteiger charge is 2.12. The maximum atomic E-state index is 12.0. The molecule has 0 atom stereocenters. The van der Waals surface area contributed by atoms with E-state index in [4.69, 9.17) is 0 Å². The van der Waals surface area contributed by atoms with Crippen LogP contribution in [0.2, 0.25) is 0 Å². The van der Waals surface area contributed by atoms with Crippen LogP contribution in [0.3, 0.4) is 0 Å². The molecule has 2 heterocycles. The Morgan fingerprint density at radius 1 is 1.35 bits per heavy atom. The number of rotatable bonds is 3. The van der Waals surface area contributed by atoms with E-state index in [0.717, 1.165) is 22.5 Å². The van der Waals surface area contributed by atoms with Crippen LogP contribution in [0.25, 0.3) is 0 Å². The second-order valence-corrected chi connectivity index (χ2v) is 4.44. The van der Waals surface area contributed by atoms with Crippen molar-refractivity contribution in [2.75, 3.05) is 0 Å². The van der Waals surface area contributed by atoms with Crippen molar-refractivity contribution in [1.82, 2.24) is 14.3 Å². The van der Waals surface area contributed by atoms with Crippen molar-refractivity contribution < 1.29 is 4.79 Å². The van der Waals surface area contributed by atoms with Crippen molar-refractivity contribution in [3.63, 3.8) is 0 Å². The molecule has 0 aliphatic carbocycles. The molecule has 0 bridgehead atoms. The molecule has 0 aliphatic heterocycles. The van der Waals surface area contributed by atoms with Gasteiger partial charge in [-0.2, -0.15) is 5.10 Å². The molecule has 2 aromatic rings. The third-order valence-electron chi connectivity index (χ3n) is 3.19. The Morgan fingerprint density at radius 3 is 2.53 bits per heavy atom. The summed E-state index contributed by atoms with van der Waals surface area (Å²) in [5.74, 6) is 0.0937. The predicted octanol–water partition coefficient (Wildman–Crippen LogP) is 2.03. The zero-order valence-corrected chi connectivity index (χ0v) is 10.7. The first kappa shape index (κ1) is 11.6. The lowest BCUT2D eigenvalue weighted by Crippen LogP contribution is -2.12. The lowest BCUT2D eigenvalue weighted by molar-refractivity contribution is 0.0966. The molecule has 4 nitrogen and oxygen atoms in total. The summed E-state index contributed by atoms with van der Waals surface area (Å²) < 4.78 is 3.65. The van der Waals surface area contributed by atoms with Crippen molar-refractivity contribution in [1.29, 1.82) is 0 Å². The minimum atomic E-state index is 0.0937. The van der Waals surface area contributed by atoms with Gasteiger partial charge >= 0.3 is 0 Å². The average molecular weight is 231 g/mol. The molecule has 0 aromatic carbocycles. The minimum Gasteiger partial charge on any atom is -0.357 e. The second kappa shape index (κ2) is 4.20. The van der Waals surface area contributed by atoms with Crippen LogP contribution in [-0.4, -0.2) is 20.1 Å². The Kier molecular flexibility index (Phi) is 2.88. The van der Waals surface area contributed by atoms with Gasteiger partial charge in [0.2, 0.25) is 0 Å². The molecule has 0 aliphatic rings. The Labute approximate surface area is 101 Å². The van der Waals surface area contributed by atoms with Gasteiger partial charge in [-0.05, 0) is 32.4 Å². The molecular formula is C13H17N3O. The predicted molar refractivity (Wildman–Crippen MR) is 66.2 cm³/mol. The minimum absolute atomic E-state index is 0.0937. The van der Waals surface area contributed by atoms with E-state index in [-0.39, 0.29) is 5.78 Å². The zero-order chi connectivity index (χ0) is 12.6. The molecule has 17 heavy (non-hydrogen) atoms. The van der Waals surface area contributed by atoms with E-state index in [0.29, 0.717) is 6.54 Å². The number of hydrogen-bond acceptors (Lipinski definition) is 2. The molecule has 0 spiro atoms. The fraction of sp³-hybridized carbons (Fsp3) is 0.385. The molecule has 0 saturated carbocycles. The van der Waals surface area contributed by atoms with Crippen LogP contribution in [0.5, 0.6) is 0 Å². The first-order valence-corrected chi connectivity index (χ1v) is 5.65. The summed E-state index contributed by atoms with van der Waals surface area (Å²) in [4.78, 5) is 12.0. The Bertz CT molecular complexity index is 563. The van der Waals surface area contributed by atoms with Crippen LogP contribution < -0.4 is 0 Å². The lowest BCUT2D eigenvalue weighted by Gasteiger charge is -2.02. The topological polar surface area (TPSA) is 39.8 Å². The molecule has 2 rings (SSSR count). The summed E-state index contributed by atoms with van der Waals surface area (Å²) >= 11 is 0. The highest BCUT2D eigenvalue weighted by molar-refractivity contribution is 5.95. The van der Waals surface area contributed by atoms with Crippen LogP contribution in [0, 0.1) is 20.8 Å². The summed E-state index contributed by atoms with van der Waals surface area (Å²) in [5.41, 5.74) is 3.94. The second-order valence-electron chi connectivity index (χ2n) is 4.44. The fourth-order valence-corrected chi connectivity index (χ4v) is 1.84. The molecular weight excluding hydrogens is 214 g/mol. The molecule has 4 heteroatoms. The molecule has 0 saturated heterocycles. The number of carbonyl (C=O) groups excluding carboxylic acids is 1. The van der Waals surface area contributed by atoms with Crippen LogP contribution in [0.1, 0.15) is 27.3 Å². The third-order valence-corrected chi connectivity index (χ3v) is 3.19. The summed E-state index contributed by atoms with van der Waals surface area (Å²) in [5, 5.41) is 4.37. The largest absolute Gasteiger partial charge is 0.357 e. The van der Waals surface area contributed by atoms with Crippen molar-refractivity contribution in [2.45, 2.75) is 27.3 Å². The fourth-order valence-electron chi connectivity index (χ4n) is 1.84. The summed E-state index contributed by atoms with van der Waals surface area (Å²) in [6, 6.07) is 1.83. The molecule has 0 radical (unpaired) electrons. The van der Waals surface area contributed by atoms with Crippen LogP contribution in [-0.2, 0) is 13.6 Å². The van der Waals surface area contributed by atoms with Crippen LogP contribution >= 0.6 is 0 Å². The number of aromatic nitrogens is 3. The van der Waals surface area contributed by atoms with Gasteiger partial charge in [0.25, 0.3) is 0 Å². The number of carbonyl (C=O) groups is 1. The number of ketones is 1. The molecule has 0 fully saturated rings.